The number of esters is 1. The van der Waals surface area contributed by atoms with E-state index in [1.807, 2.05) is 19.2 Å². The molecule has 2 rings (SSSR count). The highest BCUT2D eigenvalue weighted by molar-refractivity contribution is 7.12. The number of amides is 2. The average Bonchev–Trinajstić information content (AvgIpc) is 3.14. The van der Waals surface area contributed by atoms with Gasteiger partial charge in [-0.15, -0.1) is 11.3 Å². The highest BCUT2D eigenvalue weighted by Gasteiger charge is 2.13. The number of hydrogen-bond donors (Lipinski definition) is 2. The van der Waals surface area contributed by atoms with E-state index in [9.17, 15) is 14.4 Å². The Morgan fingerprint density at radius 2 is 2.00 bits per heavy atom. The molecule has 1 aromatic heterocycles. The summed E-state index contributed by atoms with van der Waals surface area (Å²) in [7, 11) is 0. The quantitative estimate of drug-likeness (QED) is 0.743. The van der Waals surface area contributed by atoms with Gasteiger partial charge in [-0.1, -0.05) is 19.1 Å². The van der Waals surface area contributed by atoms with Gasteiger partial charge >= 0.3 is 5.97 Å². The first-order valence-corrected chi connectivity index (χ1v) is 8.79. The number of anilines is 1. The monoisotopic (exact) mass is 360 g/mol. The van der Waals surface area contributed by atoms with Gasteiger partial charge in [-0.3, -0.25) is 9.59 Å². The Bertz CT molecular complexity index is 743. The van der Waals surface area contributed by atoms with E-state index < -0.39 is 5.97 Å². The summed E-state index contributed by atoms with van der Waals surface area (Å²) in [5.41, 5.74) is 0.747. The number of benzene rings is 1. The largest absolute Gasteiger partial charge is 0.452 e. The van der Waals surface area contributed by atoms with Crippen molar-refractivity contribution in [3.63, 3.8) is 0 Å². The number of carbonyl (C=O) groups excluding carboxylic acids is 3. The fourth-order valence-electron chi connectivity index (χ4n) is 1.96. The normalized spacial score (nSPS) is 11.4. The van der Waals surface area contributed by atoms with Crippen molar-refractivity contribution in [2.24, 2.45) is 0 Å². The third-order valence-electron chi connectivity index (χ3n) is 3.46. The summed E-state index contributed by atoms with van der Waals surface area (Å²) in [5, 5.41) is 7.25. The number of hydrogen-bond acceptors (Lipinski definition) is 5. The van der Waals surface area contributed by atoms with Crippen molar-refractivity contribution in [2.75, 3.05) is 11.9 Å². The molecule has 0 bridgehead atoms. The van der Waals surface area contributed by atoms with Crippen LogP contribution in [0.3, 0.4) is 0 Å². The van der Waals surface area contributed by atoms with Gasteiger partial charge in [0.1, 0.15) is 0 Å². The molecule has 2 amide bonds. The Kier molecular flexibility index (Phi) is 6.71. The van der Waals surface area contributed by atoms with Gasteiger partial charge in [-0.2, -0.15) is 0 Å². The van der Waals surface area contributed by atoms with Crippen LogP contribution in [-0.4, -0.2) is 30.4 Å². The van der Waals surface area contributed by atoms with Gasteiger partial charge in [0.25, 0.3) is 11.8 Å². The van der Waals surface area contributed by atoms with E-state index in [4.69, 9.17) is 4.74 Å². The molecule has 0 aliphatic carbocycles. The molecule has 1 aromatic carbocycles. The zero-order chi connectivity index (χ0) is 18.2. The van der Waals surface area contributed by atoms with Crippen LogP contribution in [0.25, 0.3) is 0 Å². The fraction of sp³-hybridized carbons (Fsp3) is 0.278. The van der Waals surface area contributed by atoms with Crippen LogP contribution in [0.2, 0.25) is 0 Å². The first-order chi connectivity index (χ1) is 12.0. The Morgan fingerprint density at radius 1 is 1.20 bits per heavy atom. The zero-order valence-electron chi connectivity index (χ0n) is 14.1. The van der Waals surface area contributed by atoms with Gasteiger partial charge < -0.3 is 15.4 Å². The summed E-state index contributed by atoms with van der Waals surface area (Å²) in [6, 6.07) is 9.93. The molecule has 7 heteroatoms. The van der Waals surface area contributed by atoms with E-state index in [0.717, 1.165) is 6.42 Å². The van der Waals surface area contributed by atoms with Gasteiger partial charge in [-0.05, 0) is 43.0 Å². The van der Waals surface area contributed by atoms with Crippen molar-refractivity contribution in [1.82, 2.24) is 5.32 Å². The number of rotatable bonds is 7. The predicted molar refractivity (Wildman–Crippen MR) is 96.9 cm³/mol. The van der Waals surface area contributed by atoms with Crippen LogP contribution < -0.4 is 10.6 Å². The zero-order valence-corrected chi connectivity index (χ0v) is 14.9. The maximum absolute atomic E-state index is 12.1. The molecule has 0 saturated heterocycles. The van der Waals surface area contributed by atoms with Gasteiger partial charge in [0.15, 0.2) is 6.61 Å². The van der Waals surface area contributed by atoms with Crippen LogP contribution in [-0.2, 0) is 9.53 Å². The van der Waals surface area contributed by atoms with Crippen LogP contribution in [0.5, 0.6) is 0 Å². The summed E-state index contributed by atoms with van der Waals surface area (Å²) < 4.78 is 5.01. The first-order valence-electron chi connectivity index (χ1n) is 7.91. The van der Waals surface area contributed by atoms with Gasteiger partial charge in [-0.25, -0.2) is 4.79 Å². The Morgan fingerprint density at radius 3 is 2.68 bits per heavy atom. The molecular formula is C18H20N2O4S. The van der Waals surface area contributed by atoms with Crippen LogP contribution in [0, 0.1) is 0 Å². The number of carbonyl (C=O) groups is 3. The van der Waals surface area contributed by atoms with Gasteiger partial charge in [0, 0.05) is 11.7 Å². The SMILES string of the molecule is CC[C@@H](C)NC(=O)COC(=O)c1cccc(NC(=O)c2cccs2)c1. The predicted octanol–water partition coefficient (Wildman–Crippen LogP) is 3.07. The van der Waals surface area contributed by atoms with Crippen molar-refractivity contribution in [3.8, 4) is 0 Å². The molecule has 0 radical (unpaired) electrons. The summed E-state index contributed by atoms with van der Waals surface area (Å²) in [5.74, 6) is -1.20. The molecular weight excluding hydrogens is 340 g/mol. The van der Waals surface area contributed by atoms with Crippen molar-refractivity contribution < 1.29 is 19.1 Å². The first kappa shape index (κ1) is 18.7. The fourth-order valence-corrected chi connectivity index (χ4v) is 2.58. The summed E-state index contributed by atoms with van der Waals surface area (Å²) in [4.78, 5) is 36.3. The van der Waals surface area contributed by atoms with Crippen LogP contribution >= 0.6 is 11.3 Å². The highest BCUT2D eigenvalue weighted by atomic mass is 32.1. The lowest BCUT2D eigenvalue weighted by molar-refractivity contribution is -0.124. The van der Waals surface area contributed by atoms with E-state index in [1.165, 1.54) is 17.4 Å². The average molecular weight is 360 g/mol. The molecule has 0 aliphatic rings. The molecule has 0 saturated carbocycles. The molecule has 25 heavy (non-hydrogen) atoms. The second kappa shape index (κ2) is 8.98. The second-order valence-electron chi connectivity index (χ2n) is 5.47. The molecule has 132 valence electrons. The molecule has 0 unspecified atom stereocenters. The lowest BCUT2D eigenvalue weighted by Crippen LogP contribution is -2.35. The molecule has 2 aromatic rings. The maximum atomic E-state index is 12.1. The molecule has 1 atom stereocenters. The Hall–Kier alpha value is -2.67. The van der Waals surface area contributed by atoms with Gasteiger partial charge in [0.05, 0.1) is 10.4 Å². The number of thiophene rings is 1. The minimum Gasteiger partial charge on any atom is -0.452 e. The standard InChI is InChI=1S/C18H20N2O4S/c1-3-12(2)19-16(21)11-24-18(23)13-6-4-7-14(10-13)20-17(22)15-8-5-9-25-15/h4-10,12H,3,11H2,1-2H3,(H,19,21)(H,20,22)/t12-/m1/s1. The molecule has 0 fully saturated rings. The number of nitrogens with one attached hydrogen (secondary N) is 2. The van der Waals surface area contributed by atoms with E-state index in [-0.39, 0.29) is 30.0 Å². The van der Waals surface area contributed by atoms with Crippen LogP contribution in [0.15, 0.2) is 41.8 Å². The molecule has 6 nitrogen and oxygen atoms in total. The second-order valence-corrected chi connectivity index (χ2v) is 6.41. The Balaban J connectivity index is 1.92. The topological polar surface area (TPSA) is 84.5 Å². The van der Waals surface area contributed by atoms with Crippen molar-refractivity contribution >= 4 is 34.8 Å². The summed E-state index contributed by atoms with van der Waals surface area (Å²) >= 11 is 1.33. The lowest BCUT2D eigenvalue weighted by Gasteiger charge is -2.11. The minimum absolute atomic E-state index is 0.0296. The van der Waals surface area contributed by atoms with E-state index in [1.54, 1.807) is 30.3 Å². The maximum Gasteiger partial charge on any atom is 0.338 e. The van der Waals surface area contributed by atoms with Crippen molar-refractivity contribution in [2.45, 2.75) is 26.3 Å². The third-order valence-corrected chi connectivity index (χ3v) is 4.32. The van der Waals surface area contributed by atoms with Gasteiger partial charge in [0.2, 0.25) is 0 Å². The Labute approximate surface area is 150 Å². The van der Waals surface area contributed by atoms with E-state index >= 15 is 0 Å². The molecule has 0 spiro atoms. The molecule has 0 aliphatic heterocycles. The summed E-state index contributed by atoms with van der Waals surface area (Å²) in [6.45, 7) is 3.49. The number of ether oxygens (including phenoxy) is 1. The smallest absolute Gasteiger partial charge is 0.338 e. The highest BCUT2D eigenvalue weighted by Crippen LogP contribution is 2.15. The molecule has 2 N–H and O–H groups in total. The van der Waals surface area contributed by atoms with Crippen molar-refractivity contribution in [3.05, 3.63) is 52.2 Å². The minimum atomic E-state index is -0.619. The summed E-state index contributed by atoms with van der Waals surface area (Å²) in [6.07, 6.45) is 0.797. The third kappa shape index (κ3) is 5.72. The van der Waals surface area contributed by atoms with Crippen molar-refractivity contribution in [1.29, 1.82) is 0 Å². The van der Waals surface area contributed by atoms with Crippen LogP contribution in [0.4, 0.5) is 5.69 Å². The van der Waals surface area contributed by atoms with E-state index in [0.29, 0.717) is 10.6 Å². The lowest BCUT2D eigenvalue weighted by atomic mass is 10.2. The van der Waals surface area contributed by atoms with E-state index in [2.05, 4.69) is 10.6 Å². The van der Waals surface area contributed by atoms with Crippen LogP contribution in [0.1, 0.15) is 40.3 Å². The molecule has 1 heterocycles.